The number of nitrogens with zero attached hydrogens (tertiary/aromatic N) is 1. The maximum atomic E-state index is 9.35. The fourth-order valence-electron chi connectivity index (χ4n) is 2.45. The maximum absolute atomic E-state index is 9.35. The lowest BCUT2D eigenvalue weighted by atomic mass is 10.1. The molecule has 0 aliphatic carbocycles. The molecule has 1 aromatic rings. The molecule has 17 heavy (non-hydrogen) atoms. The molecular weight excluding hydrogens is 212 g/mol. The predicted molar refractivity (Wildman–Crippen MR) is 71.4 cm³/mol. The van der Waals surface area contributed by atoms with Crippen LogP contribution in [0.5, 0.6) is 0 Å². The quantitative estimate of drug-likeness (QED) is 0.812. The standard InChI is InChI=1S/C14H22N2O/c1-11-7-15-13(10-17)9-16(8-11)14-6-4-3-5-12(14)2/h3-6,11,13,15,17H,7-10H2,1-2H3. The Morgan fingerprint density at radius 3 is 2.82 bits per heavy atom. The molecule has 1 aliphatic heterocycles. The molecule has 1 heterocycles. The molecule has 1 fully saturated rings. The summed E-state index contributed by atoms with van der Waals surface area (Å²) in [7, 11) is 0. The number of aryl methyl sites for hydroxylation is 1. The van der Waals surface area contributed by atoms with Gasteiger partial charge in [0.15, 0.2) is 0 Å². The highest BCUT2D eigenvalue weighted by atomic mass is 16.3. The third-order valence-corrected chi connectivity index (χ3v) is 3.40. The Labute approximate surface area is 103 Å². The molecule has 0 radical (unpaired) electrons. The van der Waals surface area contributed by atoms with Crippen LogP contribution in [0.2, 0.25) is 0 Å². The number of hydrogen-bond donors (Lipinski definition) is 2. The van der Waals surface area contributed by atoms with Crippen LogP contribution in [0.25, 0.3) is 0 Å². The number of aliphatic hydroxyl groups is 1. The molecule has 3 nitrogen and oxygen atoms in total. The summed E-state index contributed by atoms with van der Waals surface area (Å²) >= 11 is 0. The first-order chi connectivity index (χ1) is 8.20. The molecule has 2 N–H and O–H groups in total. The van der Waals surface area contributed by atoms with Crippen LogP contribution >= 0.6 is 0 Å². The summed E-state index contributed by atoms with van der Waals surface area (Å²) in [5.41, 5.74) is 2.60. The Hall–Kier alpha value is -1.06. The van der Waals surface area contributed by atoms with Gasteiger partial charge in [0.2, 0.25) is 0 Å². The summed E-state index contributed by atoms with van der Waals surface area (Å²) in [4.78, 5) is 2.39. The van der Waals surface area contributed by atoms with Crippen molar-refractivity contribution < 1.29 is 5.11 Å². The number of aliphatic hydroxyl groups excluding tert-OH is 1. The molecule has 1 saturated heterocycles. The Balaban J connectivity index is 2.20. The van der Waals surface area contributed by atoms with Crippen LogP contribution in [-0.4, -0.2) is 37.4 Å². The van der Waals surface area contributed by atoms with E-state index in [0.29, 0.717) is 5.92 Å². The van der Waals surface area contributed by atoms with Crippen molar-refractivity contribution >= 4 is 5.69 Å². The minimum atomic E-state index is 0.180. The number of anilines is 1. The lowest BCUT2D eigenvalue weighted by Gasteiger charge is -2.28. The molecular formula is C14H22N2O. The monoisotopic (exact) mass is 234 g/mol. The van der Waals surface area contributed by atoms with Crippen molar-refractivity contribution in [2.45, 2.75) is 19.9 Å². The molecule has 2 unspecified atom stereocenters. The van der Waals surface area contributed by atoms with E-state index >= 15 is 0 Å². The number of nitrogens with one attached hydrogen (secondary N) is 1. The van der Waals surface area contributed by atoms with Crippen molar-refractivity contribution in [2.24, 2.45) is 5.92 Å². The van der Waals surface area contributed by atoms with Crippen LogP contribution in [0, 0.1) is 12.8 Å². The highest BCUT2D eigenvalue weighted by Crippen LogP contribution is 2.22. The smallest absolute Gasteiger partial charge is 0.0601 e. The van der Waals surface area contributed by atoms with E-state index in [0.717, 1.165) is 19.6 Å². The van der Waals surface area contributed by atoms with Gasteiger partial charge in [0.25, 0.3) is 0 Å². The van der Waals surface area contributed by atoms with Crippen LogP contribution in [0.1, 0.15) is 12.5 Å². The molecule has 2 atom stereocenters. The Kier molecular flexibility index (Phi) is 4.02. The van der Waals surface area contributed by atoms with Gasteiger partial charge in [-0.1, -0.05) is 25.1 Å². The molecule has 0 spiro atoms. The van der Waals surface area contributed by atoms with Gasteiger partial charge in [-0.05, 0) is 31.0 Å². The van der Waals surface area contributed by atoms with E-state index in [9.17, 15) is 5.11 Å². The number of hydrogen-bond acceptors (Lipinski definition) is 3. The van der Waals surface area contributed by atoms with Gasteiger partial charge in [-0.3, -0.25) is 0 Å². The van der Waals surface area contributed by atoms with Crippen molar-refractivity contribution in [1.29, 1.82) is 0 Å². The highest BCUT2D eigenvalue weighted by molar-refractivity contribution is 5.53. The fourth-order valence-corrected chi connectivity index (χ4v) is 2.45. The average molecular weight is 234 g/mol. The summed E-state index contributed by atoms with van der Waals surface area (Å²) in [5, 5.41) is 12.8. The van der Waals surface area contributed by atoms with Crippen LogP contribution in [0.15, 0.2) is 24.3 Å². The van der Waals surface area contributed by atoms with Crippen LogP contribution in [0.4, 0.5) is 5.69 Å². The van der Waals surface area contributed by atoms with Gasteiger partial charge in [-0.15, -0.1) is 0 Å². The second kappa shape index (κ2) is 5.52. The van der Waals surface area contributed by atoms with Gasteiger partial charge in [0.1, 0.15) is 0 Å². The van der Waals surface area contributed by atoms with Gasteiger partial charge in [-0.2, -0.15) is 0 Å². The minimum absolute atomic E-state index is 0.180. The summed E-state index contributed by atoms with van der Waals surface area (Å²) in [5.74, 6) is 0.603. The summed E-state index contributed by atoms with van der Waals surface area (Å²) in [6, 6.07) is 8.65. The Bertz CT molecular complexity index is 367. The first-order valence-corrected chi connectivity index (χ1v) is 6.35. The van der Waals surface area contributed by atoms with E-state index < -0.39 is 0 Å². The minimum Gasteiger partial charge on any atom is -0.395 e. The van der Waals surface area contributed by atoms with Crippen molar-refractivity contribution in [3.63, 3.8) is 0 Å². The van der Waals surface area contributed by atoms with Crippen molar-refractivity contribution in [3.8, 4) is 0 Å². The van der Waals surface area contributed by atoms with Crippen LogP contribution in [0.3, 0.4) is 0 Å². The fraction of sp³-hybridized carbons (Fsp3) is 0.571. The highest BCUT2D eigenvalue weighted by Gasteiger charge is 2.21. The topological polar surface area (TPSA) is 35.5 Å². The van der Waals surface area contributed by atoms with Crippen LogP contribution < -0.4 is 10.2 Å². The SMILES string of the molecule is Cc1ccccc1N1CC(C)CNC(CO)C1. The van der Waals surface area contributed by atoms with E-state index in [1.807, 2.05) is 0 Å². The van der Waals surface area contributed by atoms with E-state index in [4.69, 9.17) is 0 Å². The van der Waals surface area contributed by atoms with Crippen molar-refractivity contribution in [2.75, 3.05) is 31.1 Å². The number of rotatable bonds is 2. The number of benzene rings is 1. The maximum Gasteiger partial charge on any atom is 0.0601 e. The van der Waals surface area contributed by atoms with Crippen molar-refractivity contribution in [1.82, 2.24) is 5.32 Å². The predicted octanol–water partition coefficient (Wildman–Crippen LogP) is 1.40. The van der Waals surface area contributed by atoms with Gasteiger partial charge in [-0.25, -0.2) is 0 Å². The normalized spacial score (nSPS) is 25.7. The Morgan fingerprint density at radius 2 is 2.12 bits per heavy atom. The second-order valence-corrected chi connectivity index (χ2v) is 5.08. The zero-order valence-electron chi connectivity index (χ0n) is 10.7. The van der Waals surface area contributed by atoms with Gasteiger partial charge >= 0.3 is 0 Å². The molecule has 3 heteroatoms. The molecule has 0 amide bonds. The summed E-state index contributed by atoms with van der Waals surface area (Å²) in [6.07, 6.45) is 0. The first kappa shape index (κ1) is 12.4. The molecule has 94 valence electrons. The summed E-state index contributed by atoms with van der Waals surface area (Å²) < 4.78 is 0. The first-order valence-electron chi connectivity index (χ1n) is 6.35. The third-order valence-electron chi connectivity index (χ3n) is 3.40. The zero-order valence-corrected chi connectivity index (χ0v) is 10.7. The van der Waals surface area contributed by atoms with E-state index in [1.54, 1.807) is 0 Å². The molecule has 2 rings (SSSR count). The molecule has 1 aromatic carbocycles. The molecule has 1 aliphatic rings. The molecule has 0 aromatic heterocycles. The summed E-state index contributed by atoms with van der Waals surface area (Å²) in [6.45, 7) is 7.51. The van der Waals surface area contributed by atoms with E-state index in [2.05, 4.69) is 48.3 Å². The second-order valence-electron chi connectivity index (χ2n) is 5.08. The lowest BCUT2D eigenvalue weighted by Crippen LogP contribution is -2.40. The lowest BCUT2D eigenvalue weighted by molar-refractivity contribution is 0.247. The van der Waals surface area contributed by atoms with E-state index in [1.165, 1.54) is 11.3 Å². The average Bonchev–Trinajstić information content (AvgIpc) is 2.51. The van der Waals surface area contributed by atoms with Crippen LogP contribution in [-0.2, 0) is 0 Å². The number of para-hydroxylation sites is 1. The van der Waals surface area contributed by atoms with Gasteiger partial charge < -0.3 is 15.3 Å². The molecule has 0 bridgehead atoms. The zero-order chi connectivity index (χ0) is 12.3. The van der Waals surface area contributed by atoms with E-state index in [-0.39, 0.29) is 12.6 Å². The molecule has 0 saturated carbocycles. The van der Waals surface area contributed by atoms with Gasteiger partial charge in [0.05, 0.1) is 6.61 Å². The Morgan fingerprint density at radius 1 is 1.35 bits per heavy atom. The van der Waals surface area contributed by atoms with Gasteiger partial charge in [0, 0.05) is 24.8 Å². The largest absolute Gasteiger partial charge is 0.395 e. The van der Waals surface area contributed by atoms with Crippen molar-refractivity contribution in [3.05, 3.63) is 29.8 Å². The third kappa shape index (κ3) is 2.99.